The molecule has 10 aromatic rings. The third-order valence-corrected chi connectivity index (χ3v) is 14.6. The number of para-hydroxylation sites is 2. The summed E-state index contributed by atoms with van der Waals surface area (Å²) in [6.45, 7) is 4.75. The van der Waals surface area contributed by atoms with E-state index in [-0.39, 0.29) is 5.41 Å². The van der Waals surface area contributed by atoms with Gasteiger partial charge in [-0.3, -0.25) is 0 Å². The Labute approximate surface area is 387 Å². The van der Waals surface area contributed by atoms with Crippen LogP contribution in [0.15, 0.2) is 243 Å². The van der Waals surface area contributed by atoms with E-state index in [0.29, 0.717) is 0 Å². The van der Waals surface area contributed by atoms with Gasteiger partial charge in [-0.25, -0.2) is 0 Å². The molecule has 1 spiro atoms. The third-order valence-electron chi connectivity index (χ3n) is 14.6. The summed E-state index contributed by atoms with van der Waals surface area (Å²) < 4.78 is 0. The van der Waals surface area contributed by atoms with E-state index in [1.165, 1.54) is 77.9 Å². The topological polar surface area (TPSA) is 6.48 Å². The van der Waals surface area contributed by atoms with Gasteiger partial charge in [-0.1, -0.05) is 196 Å². The van der Waals surface area contributed by atoms with Crippen LogP contribution in [-0.2, 0) is 10.8 Å². The molecular formula is C64H46N2. The molecule has 66 heavy (non-hydrogen) atoms. The summed E-state index contributed by atoms with van der Waals surface area (Å²) in [5.74, 6) is 0. The van der Waals surface area contributed by atoms with Gasteiger partial charge in [-0.2, -0.15) is 0 Å². The summed E-state index contributed by atoms with van der Waals surface area (Å²) in [5.41, 5.74) is 24.0. The molecule has 0 N–H and O–H groups in total. The van der Waals surface area contributed by atoms with E-state index < -0.39 is 5.41 Å². The van der Waals surface area contributed by atoms with Crippen molar-refractivity contribution >= 4 is 34.1 Å². The molecule has 0 bridgehead atoms. The molecule has 13 rings (SSSR count). The smallest absolute Gasteiger partial charge is 0.0727 e. The molecule has 0 heterocycles. The second-order valence-corrected chi connectivity index (χ2v) is 18.4. The Morgan fingerprint density at radius 1 is 0.273 bits per heavy atom. The van der Waals surface area contributed by atoms with Gasteiger partial charge in [0.2, 0.25) is 0 Å². The van der Waals surface area contributed by atoms with Crippen LogP contribution in [0.1, 0.15) is 47.2 Å². The van der Waals surface area contributed by atoms with Crippen LogP contribution in [-0.4, -0.2) is 0 Å². The number of benzene rings is 10. The predicted molar refractivity (Wildman–Crippen MR) is 275 cm³/mol. The highest BCUT2D eigenvalue weighted by atomic mass is 15.2. The van der Waals surface area contributed by atoms with Gasteiger partial charge in [0.15, 0.2) is 0 Å². The molecule has 3 aliphatic carbocycles. The quantitative estimate of drug-likeness (QED) is 0.158. The molecule has 312 valence electrons. The van der Waals surface area contributed by atoms with Crippen molar-refractivity contribution in [2.24, 2.45) is 0 Å². The first-order valence-corrected chi connectivity index (χ1v) is 23.1. The van der Waals surface area contributed by atoms with Crippen molar-refractivity contribution in [3.8, 4) is 44.5 Å². The van der Waals surface area contributed by atoms with E-state index in [4.69, 9.17) is 0 Å². The Morgan fingerprint density at radius 2 is 0.682 bits per heavy atom. The fourth-order valence-corrected chi connectivity index (χ4v) is 11.8. The molecule has 0 atom stereocenters. The number of nitrogens with zero attached hydrogens (tertiary/aromatic N) is 2. The van der Waals surface area contributed by atoms with Gasteiger partial charge in [-0.15, -0.1) is 0 Å². The summed E-state index contributed by atoms with van der Waals surface area (Å²) >= 11 is 0. The van der Waals surface area contributed by atoms with Crippen molar-refractivity contribution in [2.75, 3.05) is 9.80 Å². The molecule has 3 aliphatic rings. The predicted octanol–water partition coefficient (Wildman–Crippen LogP) is 16.9. The zero-order chi connectivity index (χ0) is 44.0. The fourth-order valence-electron chi connectivity index (χ4n) is 11.8. The second-order valence-electron chi connectivity index (χ2n) is 18.4. The number of hydrogen-bond donors (Lipinski definition) is 0. The molecule has 0 saturated carbocycles. The second kappa shape index (κ2) is 14.7. The molecule has 2 nitrogen and oxygen atoms in total. The molecule has 0 aromatic heterocycles. The van der Waals surface area contributed by atoms with Crippen molar-refractivity contribution in [3.63, 3.8) is 0 Å². The SMILES string of the molecule is CC1(C)c2ccccc2-c2ccc(N(c3ccccc3)c3cc(N(c4ccccc4)c4ccc(-c5ccccc5)cc4)cc4c3-c3ccccc3C43c4ccccc4-c4ccccc43)cc21. The molecule has 0 amide bonds. The molecule has 0 fully saturated rings. The Hall–Kier alpha value is -8.20. The lowest BCUT2D eigenvalue weighted by Gasteiger charge is -2.35. The third kappa shape index (κ3) is 5.48. The maximum absolute atomic E-state index is 2.53. The molecule has 10 aromatic carbocycles. The van der Waals surface area contributed by atoms with Crippen LogP contribution in [0.25, 0.3) is 44.5 Å². The number of hydrogen-bond acceptors (Lipinski definition) is 2. The maximum atomic E-state index is 2.53. The van der Waals surface area contributed by atoms with Gasteiger partial charge >= 0.3 is 0 Å². The molecule has 0 unspecified atom stereocenters. The zero-order valence-electron chi connectivity index (χ0n) is 37.0. The van der Waals surface area contributed by atoms with Crippen LogP contribution in [0.3, 0.4) is 0 Å². The lowest BCUT2D eigenvalue weighted by atomic mass is 9.70. The van der Waals surface area contributed by atoms with Crippen LogP contribution in [0.5, 0.6) is 0 Å². The normalized spacial score (nSPS) is 13.8. The fraction of sp³-hybridized carbons (Fsp3) is 0.0625. The van der Waals surface area contributed by atoms with E-state index in [9.17, 15) is 0 Å². The van der Waals surface area contributed by atoms with Crippen LogP contribution in [0.4, 0.5) is 34.1 Å². The highest BCUT2D eigenvalue weighted by molar-refractivity contribution is 6.03. The largest absolute Gasteiger partial charge is 0.310 e. The minimum atomic E-state index is -0.562. The van der Waals surface area contributed by atoms with Crippen molar-refractivity contribution < 1.29 is 0 Å². The van der Waals surface area contributed by atoms with E-state index in [2.05, 4.69) is 266 Å². The lowest BCUT2D eigenvalue weighted by molar-refractivity contribution is 0.660. The average molecular weight is 843 g/mol. The van der Waals surface area contributed by atoms with E-state index >= 15 is 0 Å². The van der Waals surface area contributed by atoms with Crippen molar-refractivity contribution in [2.45, 2.75) is 24.7 Å². The first-order chi connectivity index (χ1) is 32.5. The monoisotopic (exact) mass is 842 g/mol. The Bertz CT molecular complexity index is 3450. The number of rotatable bonds is 7. The van der Waals surface area contributed by atoms with Gasteiger partial charge in [0.1, 0.15) is 0 Å². The Kier molecular flexibility index (Phi) is 8.51. The molecule has 0 saturated heterocycles. The first kappa shape index (κ1) is 38.3. The molecule has 0 radical (unpaired) electrons. The van der Waals surface area contributed by atoms with Gasteiger partial charge < -0.3 is 9.80 Å². The highest BCUT2D eigenvalue weighted by Crippen LogP contribution is 2.66. The Balaban J connectivity index is 1.14. The van der Waals surface area contributed by atoms with Crippen LogP contribution < -0.4 is 9.80 Å². The summed E-state index contributed by atoms with van der Waals surface area (Å²) in [4.78, 5) is 4.99. The summed E-state index contributed by atoms with van der Waals surface area (Å²) in [6, 6.07) is 90.1. The Morgan fingerprint density at radius 3 is 1.29 bits per heavy atom. The van der Waals surface area contributed by atoms with Crippen molar-refractivity contribution in [1.29, 1.82) is 0 Å². The molecule has 0 aliphatic heterocycles. The van der Waals surface area contributed by atoms with Crippen LogP contribution in [0, 0.1) is 0 Å². The minimum absolute atomic E-state index is 0.169. The van der Waals surface area contributed by atoms with E-state index in [0.717, 1.165) is 34.1 Å². The summed E-state index contributed by atoms with van der Waals surface area (Å²) in [5, 5.41) is 0. The standard InChI is InChI=1S/C64H46N2/c1-63(2)55-30-16-12-26-50(55)53-39-38-48(40-59(53)63)66(46-24-10-5-11-25-46)61-42-49(65(45-22-8-4-9-23-45)47-36-34-44(35-37-47)43-20-6-3-7-21-43)41-60-62(61)54-29-15-19-33-58(54)64(60)56-31-17-13-27-51(56)52-28-14-18-32-57(52)64/h3-42H,1-2H3. The number of fused-ring (bicyclic) bond motifs is 13. The average Bonchev–Trinajstić information content (AvgIpc) is 3.94. The summed E-state index contributed by atoms with van der Waals surface area (Å²) in [7, 11) is 0. The molecular weight excluding hydrogens is 797 g/mol. The van der Waals surface area contributed by atoms with Gasteiger partial charge in [0.25, 0.3) is 0 Å². The highest BCUT2D eigenvalue weighted by Gasteiger charge is 2.53. The van der Waals surface area contributed by atoms with Crippen LogP contribution in [0.2, 0.25) is 0 Å². The maximum Gasteiger partial charge on any atom is 0.0727 e. The van der Waals surface area contributed by atoms with Crippen molar-refractivity contribution in [3.05, 3.63) is 276 Å². The van der Waals surface area contributed by atoms with E-state index in [1.54, 1.807) is 0 Å². The van der Waals surface area contributed by atoms with Gasteiger partial charge in [0.05, 0.1) is 11.1 Å². The van der Waals surface area contributed by atoms with Crippen LogP contribution >= 0.6 is 0 Å². The lowest BCUT2D eigenvalue weighted by Crippen LogP contribution is -2.26. The summed E-state index contributed by atoms with van der Waals surface area (Å²) in [6.07, 6.45) is 0. The molecule has 2 heteroatoms. The minimum Gasteiger partial charge on any atom is -0.310 e. The van der Waals surface area contributed by atoms with Gasteiger partial charge in [-0.05, 0) is 133 Å². The first-order valence-electron chi connectivity index (χ1n) is 23.1. The van der Waals surface area contributed by atoms with Gasteiger partial charge in [0, 0.05) is 39.4 Å². The van der Waals surface area contributed by atoms with E-state index in [1.807, 2.05) is 0 Å². The zero-order valence-corrected chi connectivity index (χ0v) is 37.0. The van der Waals surface area contributed by atoms with Crippen molar-refractivity contribution in [1.82, 2.24) is 0 Å². The number of anilines is 6.